The van der Waals surface area contributed by atoms with Crippen LogP contribution in [0.25, 0.3) is 0 Å². The van der Waals surface area contributed by atoms with Crippen LogP contribution < -0.4 is 0 Å². The van der Waals surface area contributed by atoms with Gasteiger partial charge in [-0.2, -0.15) is 0 Å². The third-order valence-electron chi connectivity index (χ3n) is 4.74. The van der Waals surface area contributed by atoms with Crippen LogP contribution in [0.1, 0.15) is 31.7 Å². The summed E-state index contributed by atoms with van der Waals surface area (Å²) < 4.78 is 1.02. The molecule has 0 bridgehead atoms. The van der Waals surface area contributed by atoms with Gasteiger partial charge in [0, 0.05) is 17.6 Å². The fourth-order valence-electron chi connectivity index (χ4n) is 3.07. The van der Waals surface area contributed by atoms with Gasteiger partial charge in [0.25, 0.3) is 0 Å². The number of likely N-dealkylation sites (tertiary alicyclic amines) is 1. The number of aliphatic hydroxyl groups is 1. The molecule has 0 aromatic heterocycles. The number of halogens is 1. The number of β-amino-alcohol motifs (C(OH)–C–C–N with tert-alkyl or cyclic N) is 1. The molecular formula is C16H20BrNO2. The highest BCUT2D eigenvalue weighted by atomic mass is 79.9. The SMILES string of the molecule is CC1CCN(C(=O)C2(c3cccc(Br)c3)CC2)CC1O. The predicted octanol–water partition coefficient (Wildman–Crippen LogP) is 2.71. The third kappa shape index (κ3) is 2.40. The summed E-state index contributed by atoms with van der Waals surface area (Å²) in [6, 6.07) is 8.06. The number of carbonyl (C=O) groups excluding carboxylic acids is 1. The largest absolute Gasteiger partial charge is 0.391 e. The molecule has 1 N–H and O–H groups in total. The second-order valence-corrected chi connectivity index (χ2v) is 7.09. The number of benzene rings is 1. The van der Waals surface area contributed by atoms with Gasteiger partial charge in [-0.05, 0) is 42.9 Å². The van der Waals surface area contributed by atoms with Gasteiger partial charge in [0.1, 0.15) is 0 Å². The Morgan fingerprint density at radius 2 is 2.20 bits per heavy atom. The molecule has 1 saturated carbocycles. The summed E-state index contributed by atoms with van der Waals surface area (Å²) in [5.74, 6) is 0.488. The molecule has 4 heteroatoms. The van der Waals surface area contributed by atoms with Crippen molar-refractivity contribution in [2.45, 2.75) is 37.7 Å². The van der Waals surface area contributed by atoms with Crippen molar-refractivity contribution < 1.29 is 9.90 Å². The second kappa shape index (κ2) is 5.15. The van der Waals surface area contributed by atoms with Crippen LogP contribution in [0.5, 0.6) is 0 Å². The van der Waals surface area contributed by atoms with E-state index in [2.05, 4.69) is 15.9 Å². The lowest BCUT2D eigenvalue weighted by Crippen LogP contribution is -2.49. The van der Waals surface area contributed by atoms with Gasteiger partial charge in [-0.1, -0.05) is 35.0 Å². The maximum atomic E-state index is 12.8. The molecule has 1 heterocycles. The van der Waals surface area contributed by atoms with E-state index in [4.69, 9.17) is 0 Å². The lowest BCUT2D eigenvalue weighted by atomic mass is 9.91. The van der Waals surface area contributed by atoms with Gasteiger partial charge in [-0.3, -0.25) is 4.79 Å². The zero-order valence-electron chi connectivity index (χ0n) is 11.7. The van der Waals surface area contributed by atoms with Crippen molar-refractivity contribution >= 4 is 21.8 Å². The Balaban J connectivity index is 1.80. The summed E-state index contributed by atoms with van der Waals surface area (Å²) >= 11 is 3.48. The number of rotatable bonds is 2. The Labute approximate surface area is 128 Å². The molecule has 0 radical (unpaired) electrons. The number of hydrogen-bond acceptors (Lipinski definition) is 2. The normalized spacial score (nSPS) is 28.2. The molecule has 108 valence electrons. The van der Waals surface area contributed by atoms with Crippen molar-refractivity contribution in [2.75, 3.05) is 13.1 Å². The standard InChI is InChI=1S/C16H20BrNO2/c1-11-5-8-18(10-14(11)19)15(20)16(6-7-16)12-3-2-4-13(17)9-12/h2-4,9,11,14,19H,5-8,10H2,1H3. The number of nitrogens with zero attached hydrogens (tertiary/aromatic N) is 1. The fraction of sp³-hybridized carbons (Fsp3) is 0.562. The Morgan fingerprint density at radius 1 is 1.45 bits per heavy atom. The van der Waals surface area contributed by atoms with Crippen molar-refractivity contribution in [3.8, 4) is 0 Å². The molecule has 1 aliphatic carbocycles. The van der Waals surface area contributed by atoms with Crippen LogP contribution in [0.4, 0.5) is 0 Å². The van der Waals surface area contributed by atoms with Crippen LogP contribution in [0.2, 0.25) is 0 Å². The van der Waals surface area contributed by atoms with Crippen molar-refractivity contribution in [3.63, 3.8) is 0 Å². The Hall–Kier alpha value is -0.870. The molecule has 2 atom stereocenters. The summed E-state index contributed by atoms with van der Waals surface area (Å²) in [6.07, 6.45) is 2.35. The molecular weight excluding hydrogens is 318 g/mol. The van der Waals surface area contributed by atoms with Crippen LogP contribution >= 0.6 is 15.9 Å². The first-order valence-electron chi connectivity index (χ1n) is 7.26. The summed E-state index contributed by atoms with van der Waals surface area (Å²) in [7, 11) is 0. The summed E-state index contributed by atoms with van der Waals surface area (Å²) in [5, 5.41) is 10.00. The first-order valence-corrected chi connectivity index (χ1v) is 8.06. The van der Waals surface area contributed by atoms with E-state index in [0.717, 1.165) is 35.8 Å². The minimum atomic E-state index is -0.383. The molecule has 0 spiro atoms. The smallest absolute Gasteiger partial charge is 0.233 e. The van der Waals surface area contributed by atoms with Gasteiger partial charge >= 0.3 is 0 Å². The highest BCUT2D eigenvalue weighted by molar-refractivity contribution is 9.10. The van der Waals surface area contributed by atoms with Crippen molar-refractivity contribution in [1.29, 1.82) is 0 Å². The molecule has 1 saturated heterocycles. The quantitative estimate of drug-likeness (QED) is 0.901. The van der Waals surface area contributed by atoms with Gasteiger partial charge in [0.15, 0.2) is 0 Å². The van der Waals surface area contributed by atoms with Crippen molar-refractivity contribution in [2.24, 2.45) is 5.92 Å². The molecule has 2 fully saturated rings. The van der Waals surface area contributed by atoms with E-state index < -0.39 is 0 Å². The Morgan fingerprint density at radius 3 is 2.80 bits per heavy atom. The van der Waals surface area contributed by atoms with Crippen molar-refractivity contribution in [1.82, 2.24) is 4.90 Å². The molecule has 2 aliphatic rings. The minimum absolute atomic E-state index is 0.196. The molecule has 2 unspecified atom stereocenters. The predicted molar refractivity (Wildman–Crippen MR) is 81.4 cm³/mol. The number of aliphatic hydroxyl groups excluding tert-OH is 1. The van der Waals surface area contributed by atoms with Gasteiger partial charge in [0.05, 0.1) is 11.5 Å². The molecule has 1 aromatic carbocycles. The maximum Gasteiger partial charge on any atom is 0.233 e. The van der Waals surface area contributed by atoms with E-state index in [9.17, 15) is 9.90 Å². The Kier molecular flexibility index (Phi) is 3.63. The summed E-state index contributed by atoms with van der Waals surface area (Å²) in [5.41, 5.74) is 0.773. The monoisotopic (exact) mass is 337 g/mol. The third-order valence-corrected chi connectivity index (χ3v) is 5.24. The van der Waals surface area contributed by atoms with Crippen LogP contribution in [0, 0.1) is 5.92 Å². The van der Waals surface area contributed by atoms with Gasteiger partial charge in [-0.25, -0.2) is 0 Å². The average molecular weight is 338 g/mol. The molecule has 1 aliphatic heterocycles. The molecule has 3 nitrogen and oxygen atoms in total. The molecule has 3 rings (SSSR count). The topological polar surface area (TPSA) is 40.5 Å². The van der Waals surface area contributed by atoms with E-state index in [-0.39, 0.29) is 17.4 Å². The van der Waals surface area contributed by atoms with E-state index in [1.807, 2.05) is 36.1 Å². The number of carbonyl (C=O) groups is 1. The van der Waals surface area contributed by atoms with Crippen LogP contribution in [-0.2, 0) is 10.2 Å². The Bertz CT molecular complexity index is 527. The number of amides is 1. The summed E-state index contributed by atoms with van der Waals surface area (Å²) in [4.78, 5) is 14.7. The van der Waals surface area contributed by atoms with E-state index in [0.29, 0.717) is 12.5 Å². The highest BCUT2D eigenvalue weighted by Gasteiger charge is 2.53. The maximum absolute atomic E-state index is 12.8. The van der Waals surface area contributed by atoms with Gasteiger partial charge in [0.2, 0.25) is 5.91 Å². The van der Waals surface area contributed by atoms with E-state index in [1.54, 1.807) is 0 Å². The first kappa shape index (κ1) is 14.1. The lowest BCUT2D eigenvalue weighted by molar-refractivity contribution is -0.138. The number of piperidine rings is 1. The lowest BCUT2D eigenvalue weighted by Gasteiger charge is -2.36. The summed E-state index contributed by atoms with van der Waals surface area (Å²) in [6.45, 7) is 3.30. The molecule has 1 amide bonds. The fourth-order valence-corrected chi connectivity index (χ4v) is 3.47. The zero-order chi connectivity index (χ0) is 14.3. The number of hydrogen-bond donors (Lipinski definition) is 1. The second-order valence-electron chi connectivity index (χ2n) is 6.18. The molecule has 1 aromatic rings. The van der Waals surface area contributed by atoms with E-state index in [1.165, 1.54) is 0 Å². The average Bonchev–Trinajstić information content (AvgIpc) is 3.23. The van der Waals surface area contributed by atoms with Crippen LogP contribution in [-0.4, -0.2) is 35.1 Å². The van der Waals surface area contributed by atoms with Gasteiger partial charge < -0.3 is 10.0 Å². The van der Waals surface area contributed by atoms with Crippen LogP contribution in [0.3, 0.4) is 0 Å². The van der Waals surface area contributed by atoms with Crippen molar-refractivity contribution in [3.05, 3.63) is 34.3 Å². The van der Waals surface area contributed by atoms with Gasteiger partial charge in [-0.15, -0.1) is 0 Å². The molecule has 20 heavy (non-hydrogen) atoms. The van der Waals surface area contributed by atoms with Crippen LogP contribution in [0.15, 0.2) is 28.7 Å². The van der Waals surface area contributed by atoms with E-state index >= 15 is 0 Å². The minimum Gasteiger partial charge on any atom is -0.391 e. The zero-order valence-corrected chi connectivity index (χ0v) is 13.3. The highest BCUT2D eigenvalue weighted by Crippen LogP contribution is 2.50. The first-order chi connectivity index (χ1) is 9.53.